The van der Waals surface area contributed by atoms with Crippen molar-refractivity contribution in [2.75, 3.05) is 10.6 Å². The van der Waals surface area contributed by atoms with Crippen molar-refractivity contribution in [3.8, 4) is 0 Å². The Kier molecular flexibility index (Phi) is 6.52. The minimum atomic E-state index is -2.57. The van der Waals surface area contributed by atoms with Crippen molar-refractivity contribution in [1.29, 1.82) is 0 Å². The third kappa shape index (κ3) is 5.56. The smallest absolute Gasteiger partial charge is 0.288 e. The summed E-state index contributed by atoms with van der Waals surface area (Å²) in [6.07, 6.45) is 0. The first kappa shape index (κ1) is 18.9. The van der Waals surface area contributed by atoms with Crippen LogP contribution < -0.4 is 10.6 Å². The van der Waals surface area contributed by atoms with Gasteiger partial charge in [0.25, 0.3) is 11.7 Å². The molecule has 0 spiro atoms. The molecule has 0 aromatic heterocycles. The maximum Gasteiger partial charge on any atom is 0.288 e. The lowest BCUT2D eigenvalue weighted by Crippen LogP contribution is -2.18. The number of amides is 2. The van der Waals surface area contributed by atoms with Crippen molar-refractivity contribution < 1.29 is 18.4 Å². The lowest BCUT2D eigenvalue weighted by Gasteiger charge is -2.11. The number of thioether (sulfide) groups is 1. The summed E-state index contributed by atoms with van der Waals surface area (Å²) in [4.78, 5) is 24.2. The van der Waals surface area contributed by atoms with E-state index in [1.807, 2.05) is 0 Å². The molecule has 0 saturated carbocycles. The van der Waals surface area contributed by atoms with Gasteiger partial charge in [0.15, 0.2) is 0 Å². The van der Waals surface area contributed by atoms with Gasteiger partial charge in [0.1, 0.15) is 0 Å². The van der Waals surface area contributed by atoms with Crippen LogP contribution in [0.3, 0.4) is 0 Å². The van der Waals surface area contributed by atoms with Gasteiger partial charge in [-0.1, -0.05) is 37.7 Å². The topological polar surface area (TPSA) is 58.2 Å². The highest BCUT2D eigenvalue weighted by Crippen LogP contribution is 2.31. The maximum absolute atomic E-state index is 12.6. The van der Waals surface area contributed by atoms with Gasteiger partial charge in [0, 0.05) is 22.1 Å². The van der Waals surface area contributed by atoms with Crippen molar-refractivity contribution in [2.45, 2.75) is 24.5 Å². The molecule has 0 radical (unpaired) electrons. The Balaban J connectivity index is 2.08. The molecule has 4 nitrogen and oxygen atoms in total. The number of carbonyl (C=O) groups excluding carboxylic acids is 2. The summed E-state index contributed by atoms with van der Waals surface area (Å²) in [5, 5.41) is 5.36. The molecule has 0 heterocycles. The molecule has 2 aromatic rings. The van der Waals surface area contributed by atoms with E-state index >= 15 is 0 Å². The number of rotatable bonds is 6. The van der Waals surface area contributed by atoms with Crippen molar-refractivity contribution in [3.63, 3.8) is 0 Å². The second kappa shape index (κ2) is 8.62. The molecular weight excluding hydrogens is 346 g/mol. The first-order valence-electron chi connectivity index (χ1n) is 7.63. The highest BCUT2D eigenvalue weighted by Gasteiger charge is 2.13. The van der Waals surface area contributed by atoms with Crippen LogP contribution in [-0.4, -0.2) is 17.6 Å². The van der Waals surface area contributed by atoms with Gasteiger partial charge in [0.2, 0.25) is 5.91 Å². The predicted octanol–water partition coefficient (Wildman–Crippen LogP) is 4.85. The number of benzene rings is 2. The van der Waals surface area contributed by atoms with E-state index < -0.39 is 11.7 Å². The monoisotopic (exact) mass is 364 g/mol. The average Bonchev–Trinajstić information content (AvgIpc) is 2.56. The van der Waals surface area contributed by atoms with E-state index in [0.29, 0.717) is 33.6 Å². The van der Waals surface area contributed by atoms with Crippen molar-refractivity contribution in [1.82, 2.24) is 0 Å². The fourth-order valence-corrected chi connectivity index (χ4v) is 2.55. The van der Waals surface area contributed by atoms with E-state index in [9.17, 15) is 18.4 Å². The Morgan fingerprint density at radius 2 is 1.60 bits per heavy atom. The normalized spacial score (nSPS) is 10.8. The van der Waals surface area contributed by atoms with Gasteiger partial charge >= 0.3 is 0 Å². The van der Waals surface area contributed by atoms with Crippen molar-refractivity contribution >= 4 is 35.0 Å². The van der Waals surface area contributed by atoms with E-state index in [1.54, 1.807) is 56.3 Å². The van der Waals surface area contributed by atoms with Crippen LogP contribution in [0.25, 0.3) is 0 Å². The largest absolute Gasteiger partial charge is 0.326 e. The SMILES string of the molecule is CC(C)C(=O)Nc1ccc(C(=O)Nc2ccccc2SC(F)F)cc1. The molecular formula is C18H18F2N2O2S. The Labute approximate surface area is 149 Å². The van der Waals surface area contributed by atoms with Crippen molar-refractivity contribution in [3.05, 3.63) is 54.1 Å². The summed E-state index contributed by atoms with van der Waals surface area (Å²) in [5.74, 6) is -3.24. The highest BCUT2D eigenvalue weighted by atomic mass is 32.2. The molecule has 0 unspecified atom stereocenters. The van der Waals surface area contributed by atoms with Gasteiger partial charge in [0.05, 0.1) is 5.69 Å². The number of nitrogens with one attached hydrogen (secondary N) is 2. The second-order valence-corrected chi connectivity index (χ2v) is 6.58. The standard InChI is InChI=1S/C18H18F2N2O2S/c1-11(2)16(23)21-13-9-7-12(8-10-13)17(24)22-14-5-3-4-6-15(14)25-18(19)20/h3-11,18H,1-2H3,(H,21,23)(H,22,24). The number of carbonyl (C=O) groups is 2. The van der Waals surface area contributed by atoms with E-state index in [1.165, 1.54) is 6.07 Å². The molecule has 2 rings (SSSR count). The molecule has 0 bridgehead atoms. The lowest BCUT2D eigenvalue weighted by atomic mass is 10.1. The number of para-hydroxylation sites is 1. The van der Waals surface area contributed by atoms with Gasteiger partial charge in [-0.2, -0.15) is 8.78 Å². The third-order valence-corrected chi connectivity index (χ3v) is 4.08. The highest BCUT2D eigenvalue weighted by molar-refractivity contribution is 7.99. The lowest BCUT2D eigenvalue weighted by molar-refractivity contribution is -0.118. The number of hydrogen-bond donors (Lipinski definition) is 2. The zero-order valence-corrected chi connectivity index (χ0v) is 14.6. The molecule has 0 fully saturated rings. The Morgan fingerprint density at radius 1 is 0.960 bits per heavy atom. The summed E-state index contributed by atoms with van der Waals surface area (Å²) >= 11 is 0.379. The second-order valence-electron chi connectivity index (χ2n) is 5.55. The molecule has 132 valence electrons. The number of halogens is 2. The predicted molar refractivity (Wildman–Crippen MR) is 96.2 cm³/mol. The van der Waals surface area contributed by atoms with Crippen LogP contribution in [0.1, 0.15) is 24.2 Å². The van der Waals surface area contributed by atoms with E-state index in [-0.39, 0.29) is 11.8 Å². The molecule has 2 amide bonds. The van der Waals surface area contributed by atoms with Gasteiger partial charge in [-0.15, -0.1) is 0 Å². The van der Waals surface area contributed by atoms with Crippen molar-refractivity contribution in [2.24, 2.45) is 5.92 Å². The van der Waals surface area contributed by atoms with Crippen LogP contribution in [0.2, 0.25) is 0 Å². The summed E-state index contributed by atoms with van der Waals surface area (Å²) in [5.41, 5.74) is 1.28. The Hall–Kier alpha value is -2.41. The summed E-state index contributed by atoms with van der Waals surface area (Å²) in [6, 6.07) is 12.8. The fraction of sp³-hybridized carbons (Fsp3) is 0.222. The van der Waals surface area contributed by atoms with Crippen LogP contribution in [-0.2, 0) is 4.79 Å². The Morgan fingerprint density at radius 3 is 2.20 bits per heavy atom. The van der Waals surface area contributed by atoms with E-state index in [4.69, 9.17) is 0 Å². The molecule has 0 aliphatic heterocycles. The number of hydrogen-bond acceptors (Lipinski definition) is 3. The molecule has 2 N–H and O–H groups in total. The van der Waals surface area contributed by atoms with Crippen LogP contribution >= 0.6 is 11.8 Å². The minimum Gasteiger partial charge on any atom is -0.326 e. The van der Waals surface area contributed by atoms with Crippen LogP contribution in [0.5, 0.6) is 0 Å². The minimum absolute atomic E-state index is 0.116. The summed E-state index contributed by atoms with van der Waals surface area (Å²) < 4.78 is 25.2. The van der Waals surface area contributed by atoms with Gasteiger partial charge < -0.3 is 10.6 Å². The molecule has 7 heteroatoms. The zero-order chi connectivity index (χ0) is 18.4. The van der Waals surface area contributed by atoms with E-state index in [2.05, 4.69) is 10.6 Å². The molecule has 0 atom stereocenters. The first-order valence-corrected chi connectivity index (χ1v) is 8.51. The fourth-order valence-electron chi connectivity index (χ4n) is 1.95. The third-order valence-electron chi connectivity index (χ3n) is 3.29. The van der Waals surface area contributed by atoms with Gasteiger partial charge in [-0.05, 0) is 36.4 Å². The average molecular weight is 364 g/mol. The summed E-state index contributed by atoms with van der Waals surface area (Å²) in [6.45, 7) is 3.57. The zero-order valence-electron chi connectivity index (χ0n) is 13.8. The maximum atomic E-state index is 12.6. The number of alkyl halides is 2. The first-order chi connectivity index (χ1) is 11.9. The molecule has 0 aliphatic carbocycles. The molecule has 25 heavy (non-hydrogen) atoms. The Bertz CT molecular complexity index is 749. The quantitative estimate of drug-likeness (QED) is 0.721. The van der Waals surface area contributed by atoms with Crippen LogP contribution in [0.15, 0.2) is 53.4 Å². The van der Waals surface area contributed by atoms with Gasteiger partial charge in [-0.3, -0.25) is 9.59 Å². The summed E-state index contributed by atoms with van der Waals surface area (Å²) in [7, 11) is 0. The molecule has 0 aliphatic rings. The van der Waals surface area contributed by atoms with E-state index in [0.717, 1.165) is 0 Å². The van der Waals surface area contributed by atoms with Crippen LogP contribution in [0.4, 0.5) is 20.2 Å². The van der Waals surface area contributed by atoms with Crippen LogP contribution in [0, 0.1) is 5.92 Å². The molecule has 0 saturated heterocycles. The number of anilines is 2. The molecule has 2 aromatic carbocycles. The van der Waals surface area contributed by atoms with Gasteiger partial charge in [-0.25, -0.2) is 0 Å².